The van der Waals surface area contributed by atoms with E-state index < -0.39 is 7.49 Å². The molecule has 266 valence electrons. The lowest BCUT2D eigenvalue weighted by Crippen LogP contribution is -2.52. The van der Waals surface area contributed by atoms with Gasteiger partial charge in [0.05, 0.1) is 43.4 Å². The van der Waals surface area contributed by atoms with Crippen molar-refractivity contribution in [2.75, 3.05) is 89.4 Å². The Kier molecular flexibility index (Phi) is 11.4. The summed E-state index contributed by atoms with van der Waals surface area (Å²) in [6.07, 6.45) is 8.37. The molecule has 50 heavy (non-hydrogen) atoms. The number of piperidine rings is 1. The Morgan fingerprint density at radius 2 is 1.60 bits per heavy atom. The van der Waals surface area contributed by atoms with Crippen LogP contribution in [-0.4, -0.2) is 115 Å². The Labute approximate surface area is 304 Å². The van der Waals surface area contributed by atoms with Gasteiger partial charge < -0.3 is 29.9 Å². The summed E-state index contributed by atoms with van der Waals surface area (Å²) in [7, 11) is 2.99. The van der Waals surface area contributed by atoms with Crippen molar-refractivity contribution in [2.24, 2.45) is 0 Å². The highest BCUT2D eigenvalue weighted by Gasteiger charge is 2.31. The third-order valence-corrected chi connectivity index (χ3v) is 11.7. The molecule has 6 rings (SSSR count). The largest absolute Gasteiger partial charge is 0.494 e. The zero-order chi connectivity index (χ0) is 35.4. The third-order valence-electron chi connectivity index (χ3n) is 9.62. The van der Waals surface area contributed by atoms with Crippen LogP contribution >= 0.6 is 23.4 Å². The molecule has 0 aliphatic carbocycles. The van der Waals surface area contributed by atoms with Gasteiger partial charge in [-0.25, -0.2) is 19.8 Å². The predicted molar refractivity (Wildman–Crippen MR) is 208 cm³/mol. The highest BCUT2D eigenvalue weighted by atomic mass is 79.9. The molecule has 12 nitrogen and oxygen atoms in total. The summed E-state index contributed by atoms with van der Waals surface area (Å²) in [6.45, 7) is 12.6. The van der Waals surface area contributed by atoms with Crippen molar-refractivity contribution in [3.8, 4) is 22.9 Å². The fourth-order valence-electron chi connectivity index (χ4n) is 6.72. The molecule has 4 heterocycles. The number of hydrogen-bond acceptors (Lipinski definition) is 12. The molecule has 2 aromatic carbocycles. The fourth-order valence-corrected chi connectivity index (χ4v) is 8.19. The Balaban J connectivity index is 1.20. The van der Waals surface area contributed by atoms with Crippen LogP contribution in [0, 0.1) is 0 Å². The Hall–Kier alpha value is -3.61. The average Bonchev–Trinajstić information content (AvgIpc) is 3.13. The van der Waals surface area contributed by atoms with Crippen molar-refractivity contribution in [3.63, 3.8) is 0 Å². The van der Waals surface area contributed by atoms with Crippen LogP contribution in [0.1, 0.15) is 25.3 Å². The van der Waals surface area contributed by atoms with Crippen LogP contribution in [0.5, 0.6) is 11.8 Å². The number of ether oxygens (including phenoxy) is 2. The monoisotopic (exact) mass is 764 g/mol. The van der Waals surface area contributed by atoms with Crippen molar-refractivity contribution in [3.05, 3.63) is 59.0 Å². The maximum atomic E-state index is 11.3. The molecule has 2 saturated heterocycles. The van der Waals surface area contributed by atoms with E-state index >= 15 is 0 Å². The number of piperazine rings is 1. The Morgan fingerprint density at radius 1 is 0.880 bits per heavy atom. The number of benzene rings is 2. The van der Waals surface area contributed by atoms with Gasteiger partial charge in [-0.1, -0.05) is 13.0 Å². The lowest BCUT2D eigenvalue weighted by atomic mass is 9.99. The SMILES string of the molecule is CCc1cc(Nc2ncc(Br)c(Nc3ccc(-c4cnc(OC)nc4)cc3[P+](C)(C)O)n2)c(OC)cc1N1CCC(N2CCN(C)CC2)CC1. The molecule has 2 aliphatic rings. The van der Waals surface area contributed by atoms with Crippen LogP contribution in [-0.2, 0) is 6.42 Å². The summed E-state index contributed by atoms with van der Waals surface area (Å²) < 4.78 is 11.7. The summed E-state index contributed by atoms with van der Waals surface area (Å²) in [6, 6.07) is 11.2. The molecule has 2 fully saturated rings. The van der Waals surface area contributed by atoms with Gasteiger partial charge in [0.25, 0.3) is 0 Å². The molecule has 0 unspecified atom stereocenters. The topological polar surface area (TPSA) is 124 Å². The van der Waals surface area contributed by atoms with Crippen LogP contribution in [0.15, 0.2) is 53.4 Å². The predicted octanol–water partition coefficient (Wildman–Crippen LogP) is 5.79. The number of aromatic nitrogens is 4. The third kappa shape index (κ3) is 8.29. The number of nitrogens with zero attached hydrogens (tertiary/aromatic N) is 7. The Bertz CT molecular complexity index is 1770. The minimum absolute atomic E-state index is 0.302. The maximum absolute atomic E-state index is 11.3. The summed E-state index contributed by atoms with van der Waals surface area (Å²) in [5.41, 5.74) is 5.76. The number of halogens is 1. The van der Waals surface area contributed by atoms with Crippen LogP contribution in [0.3, 0.4) is 0 Å². The second-order valence-corrected chi connectivity index (χ2v) is 17.4. The quantitative estimate of drug-likeness (QED) is 0.160. The van der Waals surface area contributed by atoms with E-state index in [1.54, 1.807) is 25.7 Å². The van der Waals surface area contributed by atoms with Crippen molar-refractivity contribution >= 4 is 57.6 Å². The molecule has 0 radical (unpaired) electrons. The van der Waals surface area contributed by atoms with Gasteiger partial charge in [0.1, 0.15) is 11.1 Å². The van der Waals surface area contributed by atoms with E-state index in [4.69, 9.17) is 14.5 Å². The van der Waals surface area contributed by atoms with E-state index in [1.165, 1.54) is 44.3 Å². The zero-order valence-electron chi connectivity index (χ0n) is 29.8. The van der Waals surface area contributed by atoms with E-state index in [2.05, 4.69) is 82.3 Å². The minimum atomic E-state index is -2.46. The molecular formula is C36H48BrN9O3P+. The molecule has 14 heteroatoms. The smallest absolute Gasteiger partial charge is 0.316 e. The molecule has 0 saturated carbocycles. The highest BCUT2D eigenvalue weighted by Crippen LogP contribution is 2.48. The van der Waals surface area contributed by atoms with Crippen molar-refractivity contribution < 1.29 is 14.4 Å². The first-order valence-electron chi connectivity index (χ1n) is 17.1. The first-order valence-corrected chi connectivity index (χ1v) is 20.5. The van der Waals surface area contributed by atoms with Crippen molar-refractivity contribution in [2.45, 2.75) is 32.2 Å². The minimum Gasteiger partial charge on any atom is -0.494 e. The molecule has 3 N–H and O–H groups in total. The van der Waals surface area contributed by atoms with Gasteiger partial charge in [-0.05, 0) is 71.6 Å². The Morgan fingerprint density at radius 3 is 2.24 bits per heavy atom. The number of rotatable bonds is 11. The molecular weight excluding hydrogens is 717 g/mol. The number of methoxy groups -OCH3 is 2. The summed E-state index contributed by atoms with van der Waals surface area (Å²) in [5, 5.41) is 7.65. The molecule has 0 amide bonds. The molecule has 0 bridgehead atoms. The van der Waals surface area contributed by atoms with E-state index in [0.29, 0.717) is 28.3 Å². The highest BCUT2D eigenvalue weighted by molar-refractivity contribution is 9.10. The van der Waals surface area contributed by atoms with Crippen molar-refractivity contribution in [1.29, 1.82) is 0 Å². The number of hydrogen-bond donors (Lipinski definition) is 3. The average molecular weight is 766 g/mol. The summed E-state index contributed by atoms with van der Waals surface area (Å²) in [5.74, 6) is 1.72. The van der Waals surface area contributed by atoms with Crippen LogP contribution < -0.4 is 30.3 Å². The normalized spacial score (nSPS) is 16.4. The van der Waals surface area contributed by atoms with E-state index in [9.17, 15) is 4.89 Å². The standard InChI is InChI=1S/C36H48BrN9O3P/c1-7-24-18-30(32(48-3)20-31(24)46-12-10-27(11-13-46)45-16-14-44(2)15-17-45)42-35-38-23-28(37)34(43-35)41-29-9-8-25(19-33(29)50(5,6)47)26-21-39-36(49-4)40-22-26/h8-9,18-23,27,47H,7,10-17H2,1-6H3,(H2,38,41,42,43)/q+1. The van der Waals surface area contributed by atoms with Crippen molar-refractivity contribution in [1.82, 2.24) is 29.7 Å². The van der Waals surface area contributed by atoms with Gasteiger partial charge in [-0.15, -0.1) is 0 Å². The molecule has 2 aromatic heterocycles. The van der Waals surface area contributed by atoms with Gasteiger partial charge in [-0.2, -0.15) is 4.98 Å². The lowest BCUT2D eigenvalue weighted by molar-refractivity contribution is 0.0982. The molecule has 4 aromatic rings. The van der Waals surface area contributed by atoms with Gasteiger partial charge in [0.2, 0.25) is 5.95 Å². The van der Waals surface area contributed by atoms with Gasteiger partial charge in [0.15, 0.2) is 13.3 Å². The van der Waals surface area contributed by atoms with E-state index in [-0.39, 0.29) is 0 Å². The zero-order valence-corrected chi connectivity index (χ0v) is 32.3. The summed E-state index contributed by atoms with van der Waals surface area (Å²) >= 11 is 3.62. The van der Waals surface area contributed by atoms with Gasteiger partial charge in [-0.3, -0.25) is 4.90 Å². The van der Waals surface area contributed by atoms with Crippen LogP contribution in [0.25, 0.3) is 11.1 Å². The fraction of sp³-hybridized carbons (Fsp3) is 0.444. The number of nitrogens with one attached hydrogen (secondary N) is 2. The number of anilines is 5. The molecule has 2 aliphatic heterocycles. The molecule has 0 atom stereocenters. The van der Waals surface area contributed by atoms with E-state index in [0.717, 1.165) is 66.2 Å². The second-order valence-electron chi connectivity index (χ2n) is 13.3. The number of likely N-dealkylation sites (N-methyl/N-ethyl adjacent to an activating group) is 1. The lowest BCUT2D eigenvalue weighted by Gasteiger charge is -2.43. The summed E-state index contributed by atoms with van der Waals surface area (Å²) in [4.78, 5) is 36.8. The maximum Gasteiger partial charge on any atom is 0.316 e. The molecule has 0 spiro atoms. The first-order chi connectivity index (χ1) is 24.1. The van der Waals surface area contributed by atoms with E-state index in [1.807, 2.05) is 31.5 Å². The first kappa shape index (κ1) is 36.2. The van der Waals surface area contributed by atoms with Gasteiger partial charge >= 0.3 is 6.01 Å². The second kappa shape index (κ2) is 15.7. The number of aryl methyl sites for hydroxylation is 1. The van der Waals surface area contributed by atoms with Crippen LogP contribution in [0.2, 0.25) is 0 Å². The van der Waals surface area contributed by atoms with Gasteiger partial charge in [0, 0.05) is 81.2 Å². The van der Waals surface area contributed by atoms with Crippen LogP contribution in [0.4, 0.5) is 28.8 Å².